The largest absolute Gasteiger partial charge is 0.460 e. The number of hydrogen-bond donors (Lipinski definition) is 3. The average molecular weight is 462 g/mol. The summed E-state index contributed by atoms with van der Waals surface area (Å²) in [5.74, 6) is -2.34. The summed E-state index contributed by atoms with van der Waals surface area (Å²) in [7, 11) is 0. The van der Waals surface area contributed by atoms with Gasteiger partial charge in [0.25, 0.3) is 0 Å². The third-order valence-electron chi connectivity index (χ3n) is 3.96. The molecule has 4 rings (SSSR count). The minimum absolute atomic E-state index is 0.0703. The van der Waals surface area contributed by atoms with Crippen LogP contribution in [0.4, 0.5) is 0 Å². The van der Waals surface area contributed by atoms with Crippen LogP contribution in [0.15, 0.2) is 48.5 Å². The molecule has 176 valence electrons. The molecule has 2 heterocycles. The van der Waals surface area contributed by atoms with E-state index in [9.17, 15) is 19.2 Å². The van der Waals surface area contributed by atoms with E-state index in [0.29, 0.717) is 5.56 Å². The second kappa shape index (κ2) is 12.9. The molecule has 0 spiro atoms. The zero-order chi connectivity index (χ0) is 24.2. The minimum Gasteiger partial charge on any atom is -0.460 e. The first kappa shape index (κ1) is 25.5. The zero-order valence-electron chi connectivity index (χ0n) is 17.3. The van der Waals surface area contributed by atoms with Crippen LogP contribution in [-0.4, -0.2) is 78.5 Å². The van der Waals surface area contributed by atoms with Crippen molar-refractivity contribution < 1.29 is 53.4 Å². The Labute approximate surface area is 188 Å². The first-order valence-electron chi connectivity index (χ1n) is 9.68. The predicted octanol–water partition coefficient (Wildman–Crippen LogP) is 0.317. The number of hydrogen-bond acceptors (Lipinski definition) is 11. The van der Waals surface area contributed by atoms with Crippen molar-refractivity contribution in [2.45, 2.75) is 6.29 Å². The number of carbonyl (C=O) groups excluding carboxylic acids is 4. The molecule has 0 radical (unpaired) electrons. The number of carbonyl (C=O) groups is 4. The van der Waals surface area contributed by atoms with Crippen LogP contribution in [0.5, 0.6) is 0 Å². The summed E-state index contributed by atoms with van der Waals surface area (Å²) in [6.45, 7) is -0.976. The van der Waals surface area contributed by atoms with Crippen LogP contribution < -0.4 is 0 Å². The summed E-state index contributed by atoms with van der Waals surface area (Å²) in [5.41, 5.74) is 1.18. The second-order valence-corrected chi connectivity index (χ2v) is 6.33. The molecule has 11 nitrogen and oxygen atoms in total. The number of benzene rings is 2. The molecule has 0 fully saturated rings. The van der Waals surface area contributed by atoms with Crippen LogP contribution in [-0.2, 0) is 18.9 Å². The third-order valence-corrected chi connectivity index (χ3v) is 3.96. The average Bonchev–Trinajstić information content (AvgIpc) is 2.84. The molecule has 2 bridgehead atoms. The number of esters is 4. The van der Waals surface area contributed by atoms with Crippen LogP contribution in [0.3, 0.4) is 0 Å². The van der Waals surface area contributed by atoms with Gasteiger partial charge in [-0.2, -0.15) is 0 Å². The summed E-state index contributed by atoms with van der Waals surface area (Å²) in [6, 6.07) is 11.5. The fraction of sp³-hybridized carbons (Fsp3) is 0.273. The normalized spacial score (nSPS) is 14.8. The third kappa shape index (κ3) is 8.00. The van der Waals surface area contributed by atoms with E-state index in [2.05, 4.69) is 4.74 Å². The first-order chi connectivity index (χ1) is 15.8. The molecule has 2 aromatic rings. The Morgan fingerprint density at radius 3 is 1.64 bits per heavy atom. The smallest absolute Gasteiger partial charge is 0.340 e. The summed E-state index contributed by atoms with van der Waals surface area (Å²) in [5, 5.41) is 26.2. The van der Waals surface area contributed by atoms with Crippen LogP contribution in [0.2, 0.25) is 0 Å². The first-order valence-corrected chi connectivity index (χ1v) is 9.68. The molecular weight excluding hydrogens is 440 g/mol. The van der Waals surface area contributed by atoms with Crippen molar-refractivity contribution in [3.8, 4) is 0 Å². The molecule has 0 saturated heterocycles. The SMILES string of the molecule is O=C(OCCO)c1ccc(C(=O)OCCO)cc1.O=C1OCC(O)OC(=O)c2ccc1cc2. The highest BCUT2D eigenvalue weighted by atomic mass is 16.7. The molecule has 2 aliphatic heterocycles. The maximum Gasteiger partial charge on any atom is 0.340 e. The number of rotatable bonds is 6. The number of ether oxygens (including phenoxy) is 4. The molecule has 0 aliphatic carbocycles. The lowest BCUT2D eigenvalue weighted by atomic mass is 10.1. The van der Waals surface area contributed by atoms with Crippen molar-refractivity contribution in [2.24, 2.45) is 0 Å². The van der Waals surface area contributed by atoms with Gasteiger partial charge in [-0.15, -0.1) is 0 Å². The molecule has 0 saturated carbocycles. The van der Waals surface area contributed by atoms with Crippen LogP contribution in [0.25, 0.3) is 0 Å². The summed E-state index contributed by atoms with van der Waals surface area (Å²) >= 11 is 0. The van der Waals surface area contributed by atoms with Gasteiger partial charge in [0, 0.05) is 0 Å². The van der Waals surface area contributed by atoms with Crippen molar-refractivity contribution in [2.75, 3.05) is 33.0 Å². The standard InChI is InChI=1S/C12H14O6.C10H8O5/c13-5-7-17-11(15)9-1-2-10(4-3-9)12(16)18-8-6-14;11-8-5-14-9(12)6-1-3-7(4-2-6)10(13)15-8/h1-4,13-14H,5-8H2;1-4,8,11H,5H2. The Bertz CT molecular complexity index is 912. The molecule has 3 N–H and O–H groups in total. The van der Waals surface area contributed by atoms with E-state index in [1.807, 2.05) is 0 Å². The lowest BCUT2D eigenvalue weighted by Crippen LogP contribution is -2.26. The molecule has 0 amide bonds. The van der Waals surface area contributed by atoms with E-state index in [1.165, 1.54) is 48.5 Å². The van der Waals surface area contributed by atoms with Crippen LogP contribution >= 0.6 is 0 Å². The minimum atomic E-state index is -1.42. The van der Waals surface area contributed by atoms with E-state index >= 15 is 0 Å². The Balaban J connectivity index is 0.000000237. The molecule has 2 aliphatic rings. The van der Waals surface area contributed by atoms with Gasteiger partial charge in [-0.25, -0.2) is 19.2 Å². The van der Waals surface area contributed by atoms with Crippen molar-refractivity contribution in [3.05, 3.63) is 70.8 Å². The van der Waals surface area contributed by atoms with Crippen molar-refractivity contribution in [3.63, 3.8) is 0 Å². The fourth-order valence-corrected chi connectivity index (χ4v) is 2.38. The monoisotopic (exact) mass is 462 g/mol. The Morgan fingerprint density at radius 1 is 0.788 bits per heavy atom. The van der Waals surface area contributed by atoms with Gasteiger partial charge in [-0.3, -0.25) is 0 Å². The highest BCUT2D eigenvalue weighted by Crippen LogP contribution is 2.11. The Morgan fingerprint density at radius 2 is 1.21 bits per heavy atom. The van der Waals surface area contributed by atoms with E-state index in [0.717, 1.165) is 0 Å². The highest BCUT2D eigenvalue weighted by Gasteiger charge is 2.19. The maximum atomic E-state index is 11.4. The Kier molecular flexibility index (Phi) is 9.96. The second-order valence-electron chi connectivity index (χ2n) is 6.33. The van der Waals surface area contributed by atoms with Crippen molar-refractivity contribution in [1.29, 1.82) is 0 Å². The van der Waals surface area contributed by atoms with E-state index < -0.39 is 30.2 Å². The van der Waals surface area contributed by atoms with Crippen LogP contribution in [0, 0.1) is 0 Å². The van der Waals surface area contributed by atoms with Gasteiger partial charge < -0.3 is 34.3 Å². The van der Waals surface area contributed by atoms with Gasteiger partial charge >= 0.3 is 23.9 Å². The summed E-state index contributed by atoms with van der Waals surface area (Å²) < 4.78 is 18.7. The number of fused-ring (bicyclic) bond motifs is 7. The summed E-state index contributed by atoms with van der Waals surface area (Å²) in [6.07, 6.45) is -1.42. The molecule has 2 aromatic carbocycles. The van der Waals surface area contributed by atoms with E-state index in [1.54, 1.807) is 0 Å². The van der Waals surface area contributed by atoms with Gasteiger partial charge in [-0.1, -0.05) is 0 Å². The quantitative estimate of drug-likeness (QED) is 0.400. The molecule has 1 unspecified atom stereocenters. The van der Waals surface area contributed by atoms with Gasteiger partial charge in [0.05, 0.1) is 35.5 Å². The molecule has 11 heteroatoms. The predicted molar refractivity (Wildman–Crippen MR) is 109 cm³/mol. The fourth-order valence-electron chi connectivity index (χ4n) is 2.38. The maximum absolute atomic E-state index is 11.4. The lowest BCUT2D eigenvalue weighted by molar-refractivity contribution is -0.0950. The molecule has 0 aromatic heterocycles. The zero-order valence-corrected chi connectivity index (χ0v) is 17.3. The van der Waals surface area contributed by atoms with Gasteiger partial charge in [0.2, 0.25) is 6.29 Å². The van der Waals surface area contributed by atoms with Crippen molar-refractivity contribution >= 4 is 23.9 Å². The topological polar surface area (TPSA) is 166 Å². The van der Waals surface area contributed by atoms with Gasteiger partial charge in [0.1, 0.15) is 13.2 Å². The van der Waals surface area contributed by atoms with Gasteiger partial charge in [-0.05, 0) is 48.5 Å². The molecule has 1 atom stereocenters. The Hall–Kier alpha value is -3.80. The van der Waals surface area contributed by atoms with Crippen LogP contribution in [0.1, 0.15) is 41.4 Å². The van der Waals surface area contributed by atoms with E-state index in [4.69, 9.17) is 29.5 Å². The van der Waals surface area contributed by atoms with Gasteiger partial charge in [0.15, 0.2) is 6.61 Å². The highest BCUT2D eigenvalue weighted by molar-refractivity contribution is 5.94. The number of aliphatic hydroxyl groups excluding tert-OH is 3. The molecular formula is C22H22O11. The number of aliphatic hydroxyl groups is 3. The van der Waals surface area contributed by atoms with Crippen molar-refractivity contribution in [1.82, 2.24) is 0 Å². The lowest BCUT2D eigenvalue weighted by Gasteiger charge is -2.14. The summed E-state index contributed by atoms with van der Waals surface area (Å²) in [4.78, 5) is 45.3. The van der Waals surface area contributed by atoms with E-state index in [-0.39, 0.29) is 49.7 Å². The molecule has 33 heavy (non-hydrogen) atoms.